The van der Waals surface area contributed by atoms with Crippen molar-refractivity contribution in [3.63, 3.8) is 0 Å². The first-order valence-electron chi connectivity index (χ1n) is 7.33. The summed E-state index contributed by atoms with van der Waals surface area (Å²) >= 11 is 0. The van der Waals surface area contributed by atoms with Crippen LogP contribution in [0, 0.1) is 0 Å². The van der Waals surface area contributed by atoms with Crippen molar-refractivity contribution in [3.8, 4) is 5.69 Å². The van der Waals surface area contributed by atoms with E-state index in [0.717, 1.165) is 16.7 Å². The second-order valence-corrected chi connectivity index (χ2v) is 5.49. The molecule has 3 aromatic rings. The highest BCUT2D eigenvalue weighted by Crippen LogP contribution is 2.24. The third kappa shape index (κ3) is 1.90. The summed E-state index contributed by atoms with van der Waals surface area (Å²) in [6, 6.07) is 10.7. The van der Waals surface area contributed by atoms with Crippen LogP contribution in [0.3, 0.4) is 0 Å². The van der Waals surface area contributed by atoms with Gasteiger partial charge in [0.1, 0.15) is 0 Å². The molecule has 0 bridgehead atoms. The zero-order valence-electron chi connectivity index (χ0n) is 11.4. The monoisotopic (exact) mass is 263 g/mol. The van der Waals surface area contributed by atoms with Crippen LogP contribution >= 0.6 is 0 Å². The van der Waals surface area contributed by atoms with E-state index in [1.165, 1.54) is 43.2 Å². The second kappa shape index (κ2) is 4.75. The molecule has 2 aromatic heterocycles. The van der Waals surface area contributed by atoms with Gasteiger partial charge >= 0.3 is 0 Å². The number of fused-ring (bicyclic) bond motifs is 2. The normalized spacial score (nSPS) is 15.0. The summed E-state index contributed by atoms with van der Waals surface area (Å²) in [4.78, 5) is 4.45. The maximum absolute atomic E-state index is 4.49. The fraction of sp³-hybridized carbons (Fsp3) is 0.294. The van der Waals surface area contributed by atoms with Crippen molar-refractivity contribution in [2.75, 3.05) is 0 Å². The predicted octanol–water partition coefficient (Wildman–Crippen LogP) is 3.69. The van der Waals surface area contributed by atoms with E-state index in [2.05, 4.69) is 34.3 Å². The molecular weight excluding hydrogens is 246 g/mol. The molecule has 3 nitrogen and oxygen atoms in total. The molecule has 2 heterocycles. The largest absolute Gasteiger partial charge is 0.237 e. The van der Waals surface area contributed by atoms with Gasteiger partial charge in [0, 0.05) is 11.6 Å². The summed E-state index contributed by atoms with van der Waals surface area (Å²) < 4.78 is 1.94. The van der Waals surface area contributed by atoms with Gasteiger partial charge in [0.2, 0.25) is 0 Å². The van der Waals surface area contributed by atoms with Crippen LogP contribution in [0.1, 0.15) is 30.4 Å². The third-order valence-corrected chi connectivity index (χ3v) is 4.16. The summed E-state index contributed by atoms with van der Waals surface area (Å²) in [5, 5.41) is 5.58. The Morgan fingerprint density at radius 3 is 2.80 bits per heavy atom. The highest BCUT2D eigenvalue weighted by Gasteiger charge is 2.11. The molecule has 100 valence electrons. The number of aromatic nitrogens is 3. The lowest BCUT2D eigenvalue weighted by molar-refractivity contribution is 0.711. The molecule has 1 aromatic carbocycles. The zero-order chi connectivity index (χ0) is 13.4. The number of benzene rings is 1. The Hall–Kier alpha value is -2.16. The van der Waals surface area contributed by atoms with E-state index in [-0.39, 0.29) is 0 Å². The molecule has 20 heavy (non-hydrogen) atoms. The van der Waals surface area contributed by atoms with E-state index >= 15 is 0 Å². The number of nitrogens with zero attached hydrogens (tertiary/aromatic N) is 3. The summed E-state index contributed by atoms with van der Waals surface area (Å²) in [5.74, 6) is 0. The van der Waals surface area contributed by atoms with Crippen LogP contribution in [-0.4, -0.2) is 14.8 Å². The van der Waals surface area contributed by atoms with Gasteiger partial charge in [-0.15, -0.1) is 0 Å². The Morgan fingerprint density at radius 2 is 1.85 bits per heavy atom. The SMILES string of the molecule is c1cnc2c(c1)cnn2-c1ccc2c(c1)CCCCC2. The minimum atomic E-state index is 0.932. The fourth-order valence-corrected chi connectivity index (χ4v) is 3.08. The average Bonchev–Trinajstić information content (AvgIpc) is 2.78. The molecular formula is C17H17N3. The van der Waals surface area contributed by atoms with Crippen LogP contribution in [0.4, 0.5) is 0 Å². The van der Waals surface area contributed by atoms with Crippen molar-refractivity contribution in [1.82, 2.24) is 14.8 Å². The Bertz CT molecular complexity index is 758. The molecule has 1 aliphatic carbocycles. The molecule has 0 aliphatic heterocycles. The van der Waals surface area contributed by atoms with Gasteiger partial charge in [-0.1, -0.05) is 12.5 Å². The maximum atomic E-state index is 4.49. The van der Waals surface area contributed by atoms with E-state index in [1.54, 1.807) is 0 Å². The predicted molar refractivity (Wildman–Crippen MR) is 80.1 cm³/mol. The fourth-order valence-electron chi connectivity index (χ4n) is 3.08. The Labute approximate surface area is 118 Å². The number of aryl methyl sites for hydroxylation is 2. The smallest absolute Gasteiger partial charge is 0.162 e. The Balaban J connectivity index is 1.84. The van der Waals surface area contributed by atoms with E-state index in [4.69, 9.17) is 0 Å². The lowest BCUT2D eigenvalue weighted by atomic mass is 10.0. The average molecular weight is 263 g/mol. The van der Waals surface area contributed by atoms with Crippen LogP contribution < -0.4 is 0 Å². The Morgan fingerprint density at radius 1 is 0.950 bits per heavy atom. The van der Waals surface area contributed by atoms with Gasteiger partial charge in [0.15, 0.2) is 5.65 Å². The summed E-state index contributed by atoms with van der Waals surface area (Å²) in [5.41, 5.74) is 5.05. The van der Waals surface area contributed by atoms with Gasteiger partial charge in [0.05, 0.1) is 11.9 Å². The maximum Gasteiger partial charge on any atom is 0.162 e. The number of hydrogen-bond donors (Lipinski definition) is 0. The van der Waals surface area contributed by atoms with E-state index in [0.29, 0.717) is 0 Å². The van der Waals surface area contributed by atoms with E-state index < -0.39 is 0 Å². The second-order valence-electron chi connectivity index (χ2n) is 5.49. The first-order valence-corrected chi connectivity index (χ1v) is 7.33. The zero-order valence-corrected chi connectivity index (χ0v) is 11.4. The minimum absolute atomic E-state index is 0.932. The highest BCUT2D eigenvalue weighted by molar-refractivity contribution is 5.75. The van der Waals surface area contributed by atoms with Crippen LogP contribution in [0.2, 0.25) is 0 Å². The van der Waals surface area contributed by atoms with Crippen molar-refractivity contribution in [1.29, 1.82) is 0 Å². The Kier molecular flexibility index (Phi) is 2.76. The number of pyridine rings is 1. The van der Waals surface area contributed by atoms with Gasteiger partial charge < -0.3 is 0 Å². The van der Waals surface area contributed by atoms with E-state index in [9.17, 15) is 0 Å². The summed E-state index contributed by atoms with van der Waals surface area (Å²) in [6.45, 7) is 0. The molecule has 0 spiro atoms. The summed E-state index contributed by atoms with van der Waals surface area (Å²) in [7, 11) is 0. The number of hydrogen-bond acceptors (Lipinski definition) is 2. The van der Waals surface area contributed by atoms with Gasteiger partial charge in [-0.25, -0.2) is 9.67 Å². The van der Waals surface area contributed by atoms with Crippen molar-refractivity contribution >= 4 is 11.0 Å². The van der Waals surface area contributed by atoms with Crippen molar-refractivity contribution in [3.05, 3.63) is 53.9 Å². The molecule has 3 heteroatoms. The minimum Gasteiger partial charge on any atom is -0.237 e. The molecule has 0 fully saturated rings. The first kappa shape index (κ1) is 11.6. The van der Waals surface area contributed by atoms with Gasteiger partial charge in [-0.05, 0) is 61.1 Å². The van der Waals surface area contributed by atoms with Crippen molar-refractivity contribution in [2.45, 2.75) is 32.1 Å². The topological polar surface area (TPSA) is 30.7 Å². The van der Waals surface area contributed by atoms with Crippen LogP contribution in [0.15, 0.2) is 42.7 Å². The molecule has 0 amide bonds. The number of rotatable bonds is 1. The van der Waals surface area contributed by atoms with Crippen molar-refractivity contribution < 1.29 is 0 Å². The summed E-state index contributed by atoms with van der Waals surface area (Å²) in [6.07, 6.45) is 10.1. The van der Waals surface area contributed by atoms with Crippen LogP contribution in [0.5, 0.6) is 0 Å². The quantitative estimate of drug-likeness (QED) is 0.627. The third-order valence-electron chi connectivity index (χ3n) is 4.16. The van der Waals surface area contributed by atoms with Crippen molar-refractivity contribution in [2.24, 2.45) is 0 Å². The molecule has 4 rings (SSSR count). The molecule has 0 atom stereocenters. The lowest BCUT2D eigenvalue weighted by Gasteiger charge is -2.09. The lowest BCUT2D eigenvalue weighted by Crippen LogP contribution is -2.00. The van der Waals surface area contributed by atoms with Gasteiger partial charge in [0.25, 0.3) is 0 Å². The molecule has 0 unspecified atom stereocenters. The first-order chi connectivity index (χ1) is 9.92. The molecule has 0 N–H and O–H groups in total. The molecule has 0 saturated carbocycles. The highest BCUT2D eigenvalue weighted by atomic mass is 15.3. The van der Waals surface area contributed by atoms with Crippen LogP contribution in [-0.2, 0) is 12.8 Å². The van der Waals surface area contributed by atoms with Crippen LogP contribution in [0.25, 0.3) is 16.7 Å². The van der Waals surface area contributed by atoms with Gasteiger partial charge in [-0.2, -0.15) is 5.10 Å². The molecule has 0 saturated heterocycles. The van der Waals surface area contributed by atoms with E-state index in [1.807, 2.05) is 23.1 Å². The molecule has 1 aliphatic rings. The van der Waals surface area contributed by atoms with Gasteiger partial charge in [-0.3, -0.25) is 0 Å². The standard InChI is InChI=1S/C17H17N3/c1-2-5-13-8-9-16(11-14(13)6-3-1)20-17-15(12-19-20)7-4-10-18-17/h4,7-12H,1-3,5-6H2. The molecule has 0 radical (unpaired) electrons.